The Morgan fingerprint density at radius 2 is 1.57 bits per heavy atom. The van der Waals surface area contributed by atoms with Gasteiger partial charge in [0.15, 0.2) is 11.5 Å². The fourth-order valence-corrected chi connectivity index (χ4v) is 2.19. The fraction of sp³-hybridized carbons (Fsp3) is 0.250. The second-order valence-electron chi connectivity index (χ2n) is 5.93. The molecule has 0 saturated heterocycles. The number of benzene rings is 2. The first-order valence-corrected chi connectivity index (χ1v) is 6.76. The van der Waals surface area contributed by atoms with Gasteiger partial charge in [-0.25, -0.2) is 0 Å². The van der Waals surface area contributed by atoms with E-state index in [4.69, 9.17) is 4.65 Å². The Morgan fingerprint density at radius 1 is 0.952 bits per heavy atom. The van der Waals surface area contributed by atoms with E-state index in [2.05, 4.69) is 0 Å². The van der Waals surface area contributed by atoms with Crippen molar-refractivity contribution in [2.45, 2.75) is 26.2 Å². The minimum atomic E-state index is -1.37. The summed E-state index contributed by atoms with van der Waals surface area (Å²) in [4.78, 5) is 0. The number of hydrogen-bond donors (Lipinski definition) is 3. The lowest BCUT2D eigenvalue weighted by atomic mass is 9.69. The lowest BCUT2D eigenvalue weighted by molar-refractivity contribution is 0.395. The normalized spacial score (nSPS) is 11.2. The topological polar surface area (TPSA) is 69.9 Å². The van der Waals surface area contributed by atoms with Crippen molar-refractivity contribution in [1.82, 2.24) is 0 Å². The highest BCUT2D eigenvalue weighted by Crippen LogP contribution is 2.30. The van der Waals surface area contributed by atoms with Crippen molar-refractivity contribution in [2.24, 2.45) is 0 Å². The molecule has 3 N–H and O–H groups in total. The molecule has 110 valence electrons. The summed E-state index contributed by atoms with van der Waals surface area (Å²) in [7, 11) is -1.37. The second kappa shape index (κ2) is 5.70. The molecular formula is C16H19BO4. The Hall–Kier alpha value is -2.14. The van der Waals surface area contributed by atoms with Gasteiger partial charge in [0.05, 0.1) is 0 Å². The maximum atomic E-state index is 10.3. The minimum absolute atomic E-state index is 0.186. The Labute approximate surface area is 124 Å². The molecule has 0 amide bonds. The monoisotopic (exact) mass is 286 g/mol. The number of para-hydroxylation sites is 1. The zero-order valence-corrected chi connectivity index (χ0v) is 12.4. The molecule has 2 aromatic rings. The van der Waals surface area contributed by atoms with Gasteiger partial charge < -0.3 is 19.9 Å². The number of phenolic OH excluding ortho intramolecular Hbond substituents is 2. The van der Waals surface area contributed by atoms with Gasteiger partial charge in [0.1, 0.15) is 5.75 Å². The van der Waals surface area contributed by atoms with Crippen LogP contribution in [0, 0.1) is 0 Å². The second-order valence-corrected chi connectivity index (χ2v) is 5.93. The van der Waals surface area contributed by atoms with E-state index < -0.39 is 7.12 Å². The summed E-state index contributed by atoms with van der Waals surface area (Å²) in [6, 6.07) is 11.9. The van der Waals surface area contributed by atoms with Crippen LogP contribution in [0.5, 0.6) is 17.2 Å². The van der Waals surface area contributed by atoms with Gasteiger partial charge in [-0.15, -0.1) is 0 Å². The molecule has 0 aromatic heterocycles. The van der Waals surface area contributed by atoms with Crippen LogP contribution in [-0.4, -0.2) is 22.4 Å². The molecule has 0 aliphatic rings. The van der Waals surface area contributed by atoms with Gasteiger partial charge >= 0.3 is 7.12 Å². The van der Waals surface area contributed by atoms with Crippen LogP contribution in [0.3, 0.4) is 0 Å². The van der Waals surface area contributed by atoms with Crippen LogP contribution in [0.2, 0.25) is 0 Å². The van der Waals surface area contributed by atoms with Crippen molar-refractivity contribution in [3.63, 3.8) is 0 Å². The van der Waals surface area contributed by atoms with Gasteiger partial charge in [-0.3, -0.25) is 0 Å². The highest BCUT2D eigenvalue weighted by Gasteiger charge is 2.32. The Bertz CT molecular complexity index is 620. The zero-order valence-electron chi connectivity index (χ0n) is 12.4. The summed E-state index contributed by atoms with van der Waals surface area (Å²) in [5.41, 5.74) is 0.578. The molecule has 21 heavy (non-hydrogen) atoms. The van der Waals surface area contributed by atoms with Crippen molar-refractivity contribution in [3.05, 3.63) is 48.0 Å². The van der Waals surface area contributed by atoms with E-state index in [1.807, 2.05) is 26.8 Å². The first-order valence-electron chi connectivity index (χ1n) is 6.76. The molecule has 2 rings (SSSR count). The summed E-state index contributed by atoms with van der Waals surface area (Å²) < 4.78 is 5.46. The van der Waals surface area contributed by atoms with Crippen molar-refractivity contribution >= 4 is 12.6 Å². The molecule has 0 unspecified atom stereocenters. The van der Waals surface area contributed by atoms with Gasteiger partial charge in [0, 0.05) is 5.46 Å². The molecule has 0 atom stereocenters. The summed E-state index contributed by atoms with van der Waals surface area (Å²) in [6.07, 6.45) is 0. The van der Waals surface area contributed by atoms with E-state index in [0.29, 0.717) is 11.3 Å². The molecule has 0 fully saturated rings. The van der Waals surface area contributed by atoms with E-state index in [1.54, 1.807) is 30.3 Å². The molecule has 0 aliphatic carbocycles. The number of hydrogen-bond acceptors (Lipinski definition) is 4. The van der Waals surface area contributed by atoms with Gasteiger partial charge in [0.2, 0.25) is 0 Å². The molecule has 4 nitrogen and oxygen atoms in total. The van der Waals surface area contributed by atoms with Crippen LogP contribution >= 0.6 is 0 Å². The van der Waals surface area contributed by atoms with Gasteiger partial charge in [-0.05, 0) is 29.2 Å². The third-order valence-electron chi connectivity index (χ3n) is 3.24. The van der Waals surface area contributed by atoms with Crippen molar-refractivity contribution in [2.75, 3.05) is 0 Å². The Morgan fingerprint density at radius 3 is 2.14 bits per heavy atom. The highest BCUT2D eigenvalue weighted by molar-refractivity contribution is 6.62. The lowest BCUT2D eigenvalue weighted by Gasteiger charge is -2.25. The number of aromatic hydroxyl groups is 2. The first kappa shape index (κ1) is 15.3. The van der Waals surface area contributed by atoms with Crippen LogP contribution in [0.4, 0.5) is 0 Å². The van der Waals surface area contributed by atoms with Gasteiger partial charge in [-0.2, -0.15) is 0 Å². The lowest BCUT2D eigenvalue weighted by Crippen LogP contribution is -2.42. The maximum Gasteiger partial charge on any atom is 0.564 e. The third-order valence-corrected chi connectivity index (χ3v) is 3.24. The van der Waals surface area contributed by atoms with Crippen LogP contribution in [-0.2, 0) is 5.41 Å². The van der Waals surface area contributed by atoms with E-state index in [0.717, 1.165) is 0 Å². The quantitative estimate of drug-likeness (QED) is 0.597. The first-order chi connectivity index (χ1) is 9.80. The molecule has 0 bridgehead atoms. The SMILES string of the molecule is CC(C)(C)c1ccc(O)c(O)c1B(O)Oc1ccccc1. The van der Waals surface area contributed by atoms with Crippen molar-refractivity contribution in [3.8, 4) is 17.2 Å². The molecule has 2 aromatic carbocycles. The predicted octanol–water partition coefficient (Wildman–Crippen LogP) is 2.16. The third kappa shape index (κ3) is 3.31. The smallest absolute Gasteiger partial charge is 0.532 e. The van der Waals surface area contributed by atoms with Crippen LogP contribution in [0.1, 0.15) is 26.3 Å². The van der Waals surface area contributed by atoms with E-state index in [9.17, 15) is 15.2 Å². The van der Waals surface area contributed by atoms with Crippen molar-refractivity contribution in [1.29, 1.82) is 0 Å². The molecule has 5 heteroatoms. The predicted molar refractivity (Wildman–Crippen MR) is 83.1 cm³/mol. The number of rotatable bonds is 3. The minimum Gasteiger partial charge on any atom is -0.532 e. The molecule has 0 saturated carbocycles. The average Bonchev–Trinajstić information content (AvgIpc) is 2.41. The summed E-state index contributed by atoms with van der Waals surface area (Å²) in [6.45, 7) is 5.87. The Kier molecular flexibility index (Phi) is 4.14. The van der Waals surface area contributed by atoms with Crippen LogP contribution in [0.15, 0.2) is 42.5 Å². The van der Waals surface area contributed by atoms with E-state index in [1.165, 1.54) is 6.07 Å². The number of phenols is 2. The standard InChI is InChI=1S/C16H19BO4/c1-16(2,3)12-9-10-13(18)15(19)14(12)17(20)21-11-7-5-4-6-8-11/h4-10,18-20H,1-3H3. The van der Waals surface area contributed by atoms with Gasteiger partial charge in [-0.1, -0.05) is 45.0 Å². The molecular weight excluding hydrogens is 267 g/mol. The summed E-state index contributed by atoms with van der Waals surface area (Å²) >= 11 is 0. The largest absolute Gasteiger partial charge is 0.564 e. The summed E-state index contributed by atoms with van der Waals surface area (Å²) in [5.74, 6) is -0.160. The van der Waals surface area contributed by atoms with E-state index >= 15 is 0 Å². The molecule has 0 radical (unpaired) electrons. The van der Waals surface area contributed by atoms with Crippen LogP contribution < -0.4 is 10.1 Å². The molecule has 0 spiro atoms. The molecule has 0 aliphatic heterocycles. The summed E-state index contributed by atoms with van der Waals surface area (Å²) in [5, 5.41) is 30.1. The maximum absolute atomic E-state index is 10.3. The van der Waals surface area contributed by atoms with Gasteiger partial charge in [0.25, 0.3) is 0 Å². The fourth-order valence-electron chi connectivity index (χ4n) is 2.19. The van der Waals surface area contributed by atoms with Crippen molar-refractivity contribution < 1.29 is 19.9 Å². The molecule has 0 heterocycles. The highest BCUT2D eigenvalue weighted by atomic mass is 16.5. The average molecular weight is 286 g/mol. The Balaban J connectivity index is 2.44. The van der Waals surface area contributed by atoms with E-state index in [-0.39, 0.29) is 22.4 Å². The van der Waals surface area contributed by atoms with Crippen LogP contribution in [0.25, 0.3) is 0 Å². The zero-order chi connectivity index (χ0) is 15.6.